The molecular formula is C24H35N5. The molecule has 0 aliphatic carbocycles. The first-order chi connectivity index (χ1) is 14.2. The van der Waals surface area contributed by atoms with Crippen molar-refractivity contribution in [1.29, 1.82) is 0 Å². The van der Waals surface area contributed by atoms with Crippen molar-refractivity contribution in [3.05, 3.63) is 47.8 Å². The number of aromatic nitrogens is 2. The molecule has 2 fully saturated rings. The van der Waals surface area contributed by atoms with Gasteiger partial charge in [0.1, 0.15) is 0 Å². The Labute approximate surface area is 175 Å². The molecule has 2 aromatic rings. The first kappa shape index (κ1) is 20.1. The fourth-order valence-corrected chi connectivity index (χ4v) is 4.38. The molecule has 2 aliphatic heterocycles. The number of piperidine rings is 2. The molecule has 1 N–H and O–H groups in total. The zero-order valence-electron chi connectivity index (χ0n) is 18.0. The lowest BCUT2D eigenvalue weighted by Crippen LogP contribution is -2.35. The Balaban J connectivity index is 1.25. The van der Waals surface area contributed by atoms with Gasteiger partial charge in [-0.05, 0) is 68.3 Å². The third-order valence-electron chi connectivity index (χ3n) is 6.36. The van der Waals surface area contributed by atoms with Crippen LogP contribution < -0.4 is 10.2 Å². The lowest BCUT2D eigenvalue weighted by atomic mass is 9.99. The number of hydrogen-bond donors (Lipinski definition) is 1. The average Bonchev–Trinajstić information content (AvgIpc) is 2.75. The first-order valence-electron chi connectivity index (χ1n) is 11.3. The maximum absolute atomic E-state index is 4.60. The Kier molecular flexibility index (Phi) is 6.65. The summed E-state index contributed by atoms with van der Waals surface area (Å²) in [4.78, 5) is 14.1. The monoisotopic (exact) mass is 393 g/mol. The molecule has 0 spiro atoms. The van der Waals surface area contributed by atoms with E-state index in [4.69, 9.17) is 0 Å². The lowest BCUT2D eigenvalue weighted by Gasteiger charge is -2.30. The Morgan fingerprint density at radius 1 is 0.897 bits per heavy atom. The molecule has 1 unspecified atom stereocenters. The Bertz CT molecular complexity index is 750. The molecule has 4 rings (SSSR count). The van der Waals surface area contributed by atoms with Crippen LogP contribution in [-0.2, 0) is 13.1 Å². The van der Waals surface area contributed by atoms with Crippen molar-refractivity contribution in [2.75, 3.05) is 36.4 Å². The van der Waals surface area contributed by atoms with Gasteiger partial charge in [-0.15, -0.1) is 0 Å². The Morgan fingerprint density at radius 3 is 2.31 bits per heavy atom. The highest BCUT2D eigenvalue weighted by molar-refractivity contribution is 5.45. The van der Waals surface area contributed by atoms with E-state index in [-0.39, 0.29) is 0 Å². The van der Waals surface area contributed by atoms with Crippen LogP contribution >= 0.6 is 0 Å². The van der Waals surface area contributed by atoms with Crippen molar-refractivity contribution in [3.63, 3.8) is 0 Å². The topological polar surface area (TPSA) is 44.3 Å². The van der Waals surface area contributed by atoms with Crippen LogP contribution in [0.5, 0.6) is 0 Å². The van der Waals surface area contributed by atoms with Gasteiger partial charge in [-0.25, -0.2) is 9.97 Å². The van der Waals surface area contributed by atoms with Crippen LogP contribution in [0.2, 0.25) is 0 Å². The number of nitrogens with zero attached hydrogens (tertiary/aromatic N) is 4. The molecule has 0 radical (unpaired) electrons. The van der Waals surface area contributed by atoms with Gasteiger partial charge in [-0.1, -0.05) is 26.0 Å². The molecule has 1 aromatic carbocycles. The van der Waals surface area contributed by atoms with Crippen LogP contribution in [0.15, 0.2) is 36.7 Å². The SMILES string of the molecule is CC1CCN(Cc2ccc(NCc3cnc(N4CCCC(C)C4)nc3)cc2)CC1. The van der Waals surface area contributed by atoms with E-state index < -0.39 is 0 Å². The number of rotatable bonds is 6. The standard InChI is InChI=1S/C24H35N5/c1-19-9-12-28(13-10-19)18-21-5-7-23(8-6-21)25-14-22-15-26-24(27-16-22)29-11-3-4-20(2)17-29/h5-8,15-16,19-20,25H,3-4,9-14,17-18H2,1-2H3. The molecular weight excluding hydrogens is 358 g/mol. The van der Waals surface area contributed by atoms with Crippen LogP contribution in [-0.4, -0.2) is 41.0 Å². The normalized spacial score (nSPS) is 21.3. The third kappa shape index (κ3) is 5.69. The van der Waals surface area contributed by atoms with E-state index in [1.807, 2.05) is 12.4 Å². The van der Waals surface area contributed by atoms with E-state index in [9.17, 15) is 0 Å². The van der Waals surface area contributed by atoms with E-state index >= 15 is 0 Å². The smallest absolute Gasteiger partial charge is 0.225 e. The first-order valence-corrected chi connectivity index (χ1v) is 11.3. The molecule has 5 nitrogen and oxygen atoms in total. The van der Waals surface area contributed by atoms with Crippen LogP contribution in [0.3, 0.4) is 0 Å². The summed E-state index contributed by atoms with van der Waals surface area (Å²) in [6, 6.07) is 8.87. The minimum absolute atomic E-state index is 0.732. The third-order valence-corrected chi connectivity index (χ3v) is 6.36. The lowest BCUT2D eigenvalue weighted by molar-refractivity contribution is 0.185. The number of anilines is 2. The second-order valence-corrected chi connectivity index (χ2v) is 9.09. The fourth-order valence-electron chi connectivity index (χ4n) is 4.38. The molecule has 1 atom stereocenters. The van der Waals surface area contributed by atoms with Gasteiger partial charge in [0.2, 0.25) is 5.95 Å². The quantitative estimate of drug-likeness (QED) is 0.780. The van der Waals surface area contributed by atoms with E-state index in [1.54, 1.807) is 0 Å². The molecule has 0 bridgehead atoms. The largest absolute Gasteiger partial charge is 0.381 e. The molecule has 0 amide bonds. The highest BCUT2D eigenvalue weighted by Gasteiger charge is 2.18. The minimum Gasteiger partial charge on any atom is -0.381 e. The summed E-state index contributed by atoms with van der Waals surface area (Å²) in [5.41, 5.74) is 3.66. The van der Waals surface area contributed by atoms with Gasteiger partial charge in [0.05, 0.1) is 0 Å². The summed E-state index contributed by atoms with van der Waals surface area (Å²) >= 11 is 0. The fraction of sp³-hybridized carbons (Fsp3) is 0.583. The van der Waals surface area contributed by atoms with Gasteiger partial charge in [0.25, 0.3) is 0 Å². The van der Waals surface area contributed by atoms with E-state index in [0.717, 1.165) is 55.2 Å². The number of nitrogens with one attached hydrogen (secondary N) is 1. The van der Waals surface area contributed by atoms with E-state index in [1.165, 1.54) is 44.3 Å². The molecule has 0 saturated carbocycles. The molecule has 5 heteroatoms. The summed E-state index contributed by atoms with van der Waals surface area (Å²) < 4.78 is 0. The number of benzene rings is 1. The highest BCUT2D eigenvalue weighted by Crippen LogP contribution is 2.21. The summed E-state index contributed by atoms with van der Waals surface area (Å²) in [6.07, 6.45) is 9.13. The second kappa shape index (κ2) is 9.57. The Morgan fingerprint density at radius 2 is 1.62 bits per heavy atom. The maximum Gasteiger partial charge on any atom is 0.225 e. The molecule has 2 saturated heterocycles. The summed E-state index contributed by atoms with van der Waals surface area (Å²) in [5.74, 6) is 2.49. The molecule has 29 heavy (non-hydrogen) atoms. The van der Waals surface area contributed by atoms with Crippen LogP contribution in [0.25, 0.3) is 0 Å². The van der Waals surface area contributed by atoms with Crippen molar-refractivity contribution in [2.24, 2.45) is 11.8 Å². The summed E-state index contributed by atoms with van der Waals surface area (Å²) in [5, 5.41) is 3.50. The van der Waals surface area contributed by atoms with Crippen molar-refractivity contribution in [3.8, 4) is 0 Å². The van der Waals surface area contributed by atoms with Gasteiger partial charge in [-0.2, -0.15) is 0 Å². The summed E-state index contributed by atoms with van der Waals surface area (Å²) in [7, 11) is 0. The van der Waals surface area contributed by atoms with E-state index in [2.05, 4.69) is 63.2 Å². The van der Waals surface area contributed by atoms with Crippen molar-refractivity contribution in [1.82, 2.24) is 14.9 Å². The van der Waals surface area contributed by atoms with Gasteiger partial charge >= 0.3 is 0 Å². The van der Waals surface area contributed by atoms with E-state index in [0.29, 0.717) is 0 Å². The minimum atomic E-state index is 0.732. The van der Waals surface area contributed by atoms with Gasteiger partial charge in [0.15, 0.2) is 0 Å². The summed E-state index contributed by atoms with van der Waals surface area (Å²) in [6.45, 7) is 11.1. The number of likely N-dealkylation sites (tertiary alicyclic amines) is 1. The van der Waals surface area contributed by atoms with Gasteiger partial charge in [0, 0.05) is 49.8 Å². The van der Waals surface area contributed by atoms with Crippen LogP contribution in [0, 0.1) is 11.8 Å². The predicted octanol–water partition coefficient (Wildman–Crippen LogP) is 4.56. The van der Waals surface area contributed by atoms with Gasteiger partial charge in [-0.3, -0.25) is 4.90 Å². The number of hydrogen-bond acceptors (Lipinski definition) is 5. The average molecular weight is 394 g/mol. The van der Waals surface area contributed by atoms with Crippen molar-refractivity contribution < 1.29 is 0 Å². The molecule has 3 heterocycles. The van der Waals surface area contributed by atoms with Gasteiger partial charge < -0.3 is 10.2 Å². The second-order valence-electron chi connectivity index (χ2n) is 9.09. The van der Waals surface area contributed by atoms with Crippen molar-refractivity contribution >= 4 is 11.6 Å². The van der Waals surface area contributed by atoms with Crippen LogP contribution in [0.4, 0.5) is 11.6 Å². The van der Waals surface area contributed by atoms with Crippen LogP contribution in [0.1, 0.15) is 50.7 Å². The zero-order valence-corrected chi connectivity index (χ0v) is 18.0. The Hall–Kier alpha value is -2.14. The molecule has 1 aromatic heterocycles. The maximum atomic E-state index is 4.60. The predicted molar refractivity (Wildman–Crippen MR) is 120 cm³/mol. The zero-order chi connectivity index (χ0) is 20.1. The molecule has 2 aliphatic rings. The molecule has 156 valence electrons. The van der Waals surface area contributed by atoms with Crippen molar-refractivity contribution in [2.45, 2.75) is 52.6 Å². The highest BCUT2D eigenvalue weighted by atomic mass is 15.2.